The van der Waals surface area contributed by atoms with E-state index in [1.165, 1.54) is 0 Å². The number of hydrogen-bond acceptors (Lipinski definition) is 3. The normalized spacial score (nSPS) is 13.7. The largest absolute Gasteiger partial charge is 0.507 e. The van der Waals surface area contributed by atoms with Crippen LogP contribution in [0, 0.1) is 11.8 Å². The van der Waals surface area contributed by atoms with E-state index in [0.29, 0.717) is 18.8 Å². The predicted octanol–water partition coefficient (Wildman–Crippen LogP) is 5.11. The van der Waals surface area contributed by atoms with Crippen molar-refractivity contribution in [2.75, 3.05) is 0 Å². The molecule has 0 fully saturated rings. The van der Waals surface area contributed by atoms with E-state index in [0.717, 1.165) is 21.9 Å². The summed E-state index contributed by atoms with van der Waals surface area (Å²) in [7, 11) is 0. The lowest BCUT2D eigenvalue weighted by Gasteiger charge is -2.17. The number of benzene rings is 2. The van der Waals surface area contributed by atoms with Gasteiger partial charge >= 0.3 is 0 Å². The summed E-state index contributed by atoms with van der Waals surface area (Å²) in [5.74, 6) is 0.725. The molecule has 0 radical (unpaired) electrons. The summed E-state index contributed by atoms with van der Waals surface area (Å²) in [6.07, 6.45) is 1.84. The molecule has 0 saturated heterocycles. The van der Waals surface area contributed by atoms with Crippen molar-refractivity contribution in [3.63, 3.8) is 0 Å². The summed E-state index contributed by atoms with van der Waals surface area (Å²) < 4.78 is 0. The fraction of sp³-hybridized carbons (Fsp3) is 0.435. The highest BCUT2D eigenvalue weighted by atomic mass is 16.3. The number of phenolic OH excluding ortho intramolecular Hbond substituents is 1. The third-order valence-electron chi connectivity index (χ3n) is 4.82. The second kappa shape index (κ2) is 9.05. The lowest BCUT2D eigenvalue weighted by atomic mass is 9.93. The molecule has 0 aliphatic carbocycles. The number of aromatic hydroxyl groups is 1. The molecule has 3 N–H and O–H groups in total. The van der Waals surface area contributed by atoms with Crippen molar-refractivity contribution in [3.8, 4) is 5.75 Å². The molecular formula is C23H30O3. The Balaban J connectivity index is 2.22. The fourth-order valence-electron chi connectivity index (χ4n) is 2.95. The predicted molar refractivity (Wildman–Crippen MR) is 107 cm³/mol. The minimum absolute atomic E-state index is 0.208. The van der Waals surface area contributed by atoms with Crippen molar-refractivity contribution in [1.29, 1.82) is 0 Å². The average Bonchev–Trinajstić information content (AvgIpc) is 2.60. The Morgan fingerprint density at radius 3 is 2.27 bits per heavy atom. The Labute approximate surface area is 156 Å². The number of rotatable bonds is 7. The van der Waals surface area contributed by atoms with Crippen molar-refractivity contribution >= 4 is 10.8 Å². The summed E-state index contributed by atoms with van der Waals surface area (Å²) >= 11 is 0. The van der Waals surface area contributed by atoms with Gasteiger partial charge in [0.25, 0.3) is 0 Å². The maximum Gasteiger partial charge on any atom is 0.123 e. The quantitative estimate of drug-likeness (QED) is 0.605. The van der Waals surface area contributed by atoms with E-state index in [4.69, 9.17) is 0 Å². The molecule has 0 heterocycles. The van der Waals surface area contributed by atoms with Crippen LogP contribution in [-0.4, -0.2) is 21.4 Å². The smallest absolute Gasteiger partial charge is 0.123 e. The van der Waals surface area contributed by atoms with Crippen molar-refractivity contribution in [2.45, 2.75) is 52.7 Å². The van der Waals surface area contributed by atoms with Gasteiger partial charge in [-0.2, -0.15) is 0 Å². The van der Waals surface area contributed by atoms with Gasteiger partial charge in [0.1, 0.15) is 5.75 Å². The number of phenols is 1. The number of hydrogen-bond donors (Lipinski definition) is 3. The summed E-state index contributed by atoms with van der Waals surface area (Å²) in [6, 6.07) is 10.9. The highest BCUT2D eigenvalue weighted by molar-refractivity contribution is 5.91. The highest BCUT2D eigenvalue weighted by Gasteiger charge is 2.14. The summed E-state index contributed by atoms with van der Waals surface area (Å²) in [4.78, 5) is 0. The van der Waals surface area contributed by atoms with Gasteiger partial charge in [0.15, 0.2) is 0 Å². The van der Waals surface area contributed by atoms with E-state index in [9.17, 15) is 15.3 Å². The van der Waals surface area contributed by atoms with Gasteiger partial charge in [0.05, 0.1) is 12.2 Å². The SMILES string of the molecule is CC(C)C(=C=CC[C@@H](O)c1ccc(O)c2ccccc12)C[C@@H](O)C(C)C. The third-order valence-corrected chi connectivity index (χ3v) is 4.82. The van der Waals surface area contributed by atoms with Crippen LogP contribution in [0.25, 0.3) is 10.8 Å². The van der Waals surface area contributed by atoms with E-state index < -0.39 is 6.10 Å². The van der Waals surface area contributed by atoms with Gasteiger partial charge in [0, 0.05) is 18.2 Å². The number of fused-ring (bicyclic) bond motifs is 1. The van der Waals surface area contributed by atoms with Crippen LogP contribution in [0.1, 0.15) is 52.2 Å². The Morgan fingerprint density at radius 2 is 1.65 bits per heavy atom. The standard InChI is InChI=1S/C23H30O3/c1-15(2)17(14-23(26)16(3)4)8-7-11-21(24)20-12-13-22(25)19-10-6-5-9-18(19)20/h5-7,9-10,12-13,15-16,21,23-26H,11,14H2,1-4H3/t8?,21-,23-/m1/s1. The molecule has 3 heteroatoms. The Kier molecular flexibility index (Phi) is 7.05. The van der Waals surface area contributed by atoms with Gasteiger partial charge in [0.2, 0.25) is 0 Å². The second-order valence-electron chi connectivity index (χ2n) is 7.51. The molecule has 2 atom stereocenters. The molecule has 0 unspecified atom stereocenters. The Bertz CT molecular complexity index is 798. The van der Waals surface area contributed by atoms with Crippen LogP contribution in [0.3, 0.4) is 0 Å². The van der Waals surface area contributed by atoms with Crippen molar-refractivity contribution in [1.82, 2.24) is 0 Å². The number of aliphatic hydroxyl groups excluding tert-OH is 2. The minimum Gasteiger partial charge on any atom is -0.507 e. The fourth-order valence-corrected chi connectivity index (χ4v) is 2.95. The van der Waals surface area contributed by atoms with Crippen LogP contribution < -0.4 is 0 Å². The molecule has 0 aromatic heterocycles. The van der Waals surface area contributed by atoms with Crippen molar-refractivity contribution < 1.29 is 15.3 Å². The molecule has 0 aliphatic rings. The summed E-state index contributed by atoms with van der Waals surface area (Å²) in [5, 5.41) is 32.3. The summed E-state index contributed by atoms with van der Waals surface area (Å²) in [6.45, 7) is 8.19. The third kappa shape index (κ3) is 4.98. The molecule has 2 rings (SSSR count). The minimum atomic E-state index is -0.670. The first-order valence-corrected chi connectivity index (χ1v) is 9.32. The maximum atomic E-state index is 10.6. The first-order chi connectivity index (χ1) is 12.3. The van der Waals surface area contributed by atoms with Crippen molar-refractivity contribution in [3.05, 3.63) is 59.3 Å². The van der Waals surface area contributed by atoms with E-state index in [-0.39, 0.29) is 17.8 Å². The first-order valence-electron chi connectivity index (χ1n) is 9.32. The molecule has 2 aromatic carbocycles. The van der Waals surface area contributed by atoms with Crippen LogP contribution in [0.5, 0.6) is 5.75 Å². The van der Waals surface area contributed by atoms with Crippen LogP contribution in [0.2, 0.25) is 0 Å². The molecule has 0 aliphatic heterocycles. The van der Waals surface area contributed by atoms with Gasteiger partial charge in [-0.1, -0.05) is 58.0 Å². The van der Waals surface area contributed by atoms with Gasteiger partial charge in [-0.25, -0.2) is 0 Å². The zero-order chi connectivity index (χ0) is 19.3. The monoisotopic (exact) mass is 354 g/mol. The van der Waals surface area contributed by atoms with E-state index in [2.05, 4.69) is 19.6 Å². The Morgan fingerprint density at radius 1 is 1.00 bits per heavy atom. The van der Waals surface area contributed by atoms with Gasteiger partial charge in [-0.3, -0.25) is 0 Å². The molecule has 0 saturated carbocycles. The van der Waals surface area contributed by atoms with Crippen LogP contribution >= 0.6 is 0 Å². The zero-order valence-electron chi connectivity index (χ0n) is 16.1. The number of aliphatic hydroxyl groups is 2. The highest BCUT2D eigenvalue weighted by Crippen LogP contribution is 2.32. The second-order valence-corrected chi connectivity index (χ2v) is 7.51. The lowest BCUT2D eigenvalue weighted by Crippen LogP contribution is -2.16. The van der Waals surface area contributed by atoms with E-state index in [1.54, 1.807) is 12.1 Å². The molecule has 0 spiro atoms. The average molecular weight is 354 g/mol. The molecular weight excluding hydrogens is 324 g/mol. The molecule has 0 bridgehead atoms. The molecule has 26 heavy (non-hydrogen) atoms. The molecule has 2 aromatic rings. The van der Waals surface area contributed by atoms with Crippen molar-refractivity contribution in [2.24, 2.45) is 11.8 Å². The van der Waals surface area contributed by atoms with Gasteiger partial charge in [-0.05, 0) is 40.5 Å². The topological polar surface area (TPSA) is 60.7 Å². The van der Waals surface area contributed by atoms with Crippen LogP contribution in [0.15, 0.2) is 53.8 Å². The maximum absolute atomic E-state index is 10.6. The van der Waals surface area contributed by atoms with E-state index >= 15 is 0 Å². The Hall–Kier alpha value is -2.06. The summed E-state index contributed by atoms with van der Waals surface area (Å²) in [5.41, 5.74) is 5.15. The van der Waals surface area contributed by atoms with Crippen LogP contribution in [-0.2, 0) is 0 Å². The van der Waals surface area contributed by atoms with Gasteiger partial charge in [-0.15, -0.1) is 5.73 Å². The zero-order valence-corrected chi connectivity index (χ0v) is 16.1. The molecule has 0 amide bonds. The van der Waals surface area contributed by atoms with E-state index in [1.807, 2.05) is 44.2 Å². The first kappa shape index (κ1) is 20.3. The van der Waals surface area contributed by atoms with Crippen LogP contribution in [0.4, 0.5) is 0 Å². The van der Waals surface area contributed by atoms with Gasteiger partial charge < -0.3 is 15.3 Å². The molecule has 3 nitrogen and oxygen atoms in total. The molecule has 140 valence electrons. The lowest BCUT2D eigenvalue weighted by molar-refractivity contribution is 0.123.